The lowest BCUT2D eigenvalue weighted by molar-refractivity contribution is -0.114. The molecule has 2 aliphatic heterocycles. The number of hydrogen-bond donors (Lipinski definition) is 1. The first-order chi connectivity index (χ1) is 14.7. The highest BCUT2D eigenvalue weighted by Crippen LogP contribution is 2.36. The van der Waals surface area contributed by atoms with Gasteiger partial charge in [-0.2, -0.15) is 0 Å². The lowest BCUT2D eigenvalue weighted by atomic mass is 9.96. The van der Waals surface area contributed by atoms with E-state index in [2.05, 4.69) is 59.5 Å². The first kappa shape index (κ1) is 18.9. The van der Waals surface area contributed by atoms with Crippen LogP contribution in [-0.4, -0.2) is 17.4 Å². The Kier molecular flexibility index (Phi) is 5.01. The van der Waals surface area contributed by atoms with Crippen LogP contribution in [0.3, 0.4) is 0 Å². The van der Waals surface area contributed by atoms with Crippen molar-refractivity contribution in [2.75, 3.05) is 6.54 Å². The molecule has 2 aromatic carbocycles. The van der Waals surface area contributed by atoms with Gasteiger partial charge in [-0.25, -0.2) is 0 Å². The van der Waals surface area contributed by atoms with Crippen LogP contribution >= 0.6 is 0 Å². The van der Waals surface area contributed by atoms with Gasteiger partial charge in [0.2, 0.25) is 5.91 Å². The van der Waals surface area contributed by atoms with Crippen molar-refractivity contribution in [1.29, 1.82) is 0 Å². The molecule has 1 unspecified atom stereocenters. The zero-order valence-corrected chi connectivity index (χ0v) is 17.0. The number of nitrogens with two attached hydrogens (primary N) is 1. The van der Waals surface area contributed by atoms with Crippen LogP contribution in [0.1, 0.15) is 42.0 Å². The molecule has 1 aliphatic carbocycles. The lowest BCUT2D eigenvalue weighted by Crippen LogP contribution is -2.22. The van der Waals surface area contributed by atoms with Gasteiger partial charge in [0.25, 0.3) is 0 Å². The van der Waals surface area contributed by atoms with E-state index >= 15 is 0 Å². The summed E-state index contributed by atoms with van der Waals surface area (Å²) in [6.45, 7) is 2.07. The number of carbonyl (C=O) groups excluding carboxylic acids is 1. The molecule has 1 atom stereocenters. The second-order valence-electron chi connectivity index (χ2n) is 8.28. The molecule has 0 saturated carbocycles. The Bertz CT molecular complexity index is 1070. The van der Waals surface area contributed by atoms with Gasteiger partial charge in [-0.15, -0.1) is 0 Å². The minimum absolute atomic E-state index is 0.367. The highest BCUT2D eigenvalue weighted by molar-refractivity contribution is 5.93. The van der Waals surface area contributed by atoms with Gasteiger partial charge in [0.15, 0.2) is 0 Å². The van der Waals surface area contributed by atoms with Gasteiger partial charge in [0.1, 0.15) is 11.5 Å². The summed E-state index contributed by atoms with van der Waals surface area (Å²) in [6.07, 6.45) is 9.58. The molecule has 5 rings (SSSR count). The van der Waals surface area contributed by atoms with Gasteiger partial charge in [0.05, 0.1) is 0 Å². The van der Waals surface area contributed by atoms with Crippen molar-refractivity contribution in [1.82, 2.24) is 4.90 Å². The first-order valence-corrected chi connectivity index (χ1v) is 10.7. The average molecular weight is 399 g/mol. The van der Waals surface area contributed by atoms with Gasteiger partial charge in [0, 0.05) is 24.6 Å². The van der Waals surface area contributed by atoms with E-state index in [1.807, 2.05) is 6.08 Å². The molecular formula is C26H26N2O2. The summed E-state index contributed by atoms with van der Waals surface area (Å²) < 4.78 is 6.19. The van der Waals surface area contributed by atoms with Crippen LogP contribution in [0.15, 0.2) is 83.7 Å². The number of allylic oxidation sites excluding steroid dienone is 4. The third-order valence-corrected chi connectivity index (χ3v) is 6.30. The summed E-state index contributed by atoms with van der Waals surface area (Å²) in [5.74, 6) is 1.34. The highest BCUT2D eigenvalue weighted by Gasteiger charge is 2.26. The molecule has 4 nitrogen and oxygen atoms in total. The minimum atomic E-state index is -0.367. The number of primary amides is 1. The summed E-state index contributed by atoms with van der Waals surface area (Å²) in [6, 6.07) is 17.9. The van der Waals surface area contributed by atoms with Crippen LogP contribution in [-0.2, 0) is 17.8 Å². The predicted molar refractivity (Wildman–Crippen MR) is 118 cm³/mol. The van der Waals surface area contributed by atoms with Crippen molar-refractivity contribution in [3.63, 3.8) is 0 Å². The van der Waals surface area contributed by atoms with E-state index in [-0.39, 0.29) is 5.91 Å². The van der Waals surface area contributed by atoms with E-state index in [0.717, 1.165) is 36.6 Å². The highest BCUT2D eigenvalue weighted by atomic mass is 16.5. The summed E-state index contributed by atoms with van der Waals surface area (Å²) in [4.78, 5) is 14.1. The predicted octanol–water partition coefficient (Wildman–Crippen LogP) is 4.58. The Morgan fingerprint density at radius 3 is 2.83 bits per heavy atom. The number of carbonyl (C=O) groups is 1. The van der Waals surface area contributed by atoms with Crippen LogP contribution in [0.2, 0.25) is 0 Å². The maximum atomic E-state index is 11.5. The van der Waals surface area contributed by atoms with Gasteiger partial charge in [-0.3, -0.25) is 9.69 Å². The molecule has 1 fully saturated rings. The van der Waals surface area contributed by atoms with Crippen molar-refractivity contribution in [3.8, 4) is 5.75 Å². The third kappa shape index (κ3) is 3.71. The van der Waals surface area contributed by atoms with Crippen LogP contribution in [0.25, 0.3) is 0 Å². The molecule has 4 heteroatoms. The fourth-order valence-corrected chi connectivity index (χ4v) is 4.72. The van der Waals surface area contributed by atoms with E-state index in [0.29, 0.717) is 18.0 Å². The second kappa shape index (κ2) is 7.96. The maximum absolute atomic E-state index is 11.5. The van der Waals surface area contributed by atoms with E-state index in [9.17, 15) is 4.79 Å². The van der Waals surface area contributed by atoms with E-state index < -0.39 is 0 Å². The second-order valence-corrected chi connectivity index (χ2v) is 8.28. The summed E-state index contributed by atoms with van der Waals surface area (Å²) >= 11 is 0. The molecule has 2 aromatic rings. The topological polar surface area (TPSA) is 55.6 Å². The molecule has 1 amide bonds. The maximum Gasteiger partial charge on any atom is 0.244 e. The zero-order chi connectivity index (χ0) is 20.5. The largest absolute Gasteiger partial charge is 0.457 e. The third-order valence-electron chi connectivity index (χ3n) is 6.30. The quantitative estimate of drug-likeness (QED) is 0.820. The van der Waals surface area contributed by atoms with Crippen LogP contribution in [0, 0.1) is 0 Å². The molecule has 30 heavy (non-hydrogen) atoms. The molecule has 152 valence electrons. The number of rotatable bonds is 4. The van der Waals surface area contributed by atoms with Crippen molar-refractivity contribution in [2.45, 2.75) is 38.3 Å². The Balaban J connectivity index is 1.35. The molecule has 0 radical (unpaired) electrons. The van der Waals surface area contributed by atoms with Crippen molar-refractivity contribution in [2.24, 2.45) is 5.73 Å². The van der Waals surface area contributed by atoms with Gasteiger partial charge in [-0.05, 0) is 66.3 Å². The van der Waals surface area contributed by atoms with E-state index in [1.165, 1.54) is 29.5 Å². The van der Waals surface area contributed by atoms with E-state index in [4.69, 9.17) is 10.5 Å². The number of nitrogens with zero attached hydrogens (tertiary/aromatic N) is 1. The molecule has 0 bridgehead atoms. The van der Waals surface area contributed by atoms with Crippen LogP contribution in [0.5, 0.6) is 5.75 Å². The average Bonchev–Trinajstić information content (AvgIpc) is 3.14. The van der Waals surface area contributed by atoms with Gasteiger partial charge < -0.3 is 10.5 Å². The number of ether oxygens (including phenoxy) is 1. The van der Waals surface area contributed by atoms with Crippen molar-refractivity contribution in [3.05, 3.63) is 100 Å². The molecule has 0 aromatic heterocycles. The summed E-state index contributed by atoms with van der Waals surface area (Å²) in [7, 11) is 0. The normalized spacial score (nSPS) is 20.8. The minimum Gasteiger partial charge on any atom is -0.457 e. The molecule has 2 N–H and O–H groups in total. The van der Waals surface area contributed by atoms with Gasteiger partial charge >= 0.3 is 0 Å². The summed E-state index contributed by atoms with van der Waals surface area (Å²) in [5.41, 5.74) is 11.0. The SMILES string of the molecule is NC(=O)C1=CC=C2Oc3ccc(CN4CCCC4c4ccccc4)cc3CC=C2C1. The standard InChI is InChI=1S/C26H26N2O2/c27-26(29)22-11-13-25-21(16-22)10-9-20-15-18(8-12-24(20)30-25)17-28-14-4-7-23(28)19-5-2-1-3-6-19/h1-3,5-6,8,10-13,15,23H,4,7,9,14,16-17H2,(H2,27,29). The summed E-state index contributed by atoms with van der Waals surface area (Å²) in [5, 5.41) is 0. The van der Waals surface area contributed by atoms with Crippen molar-refractivity contribution >= 4 is 5.91 Å². The number of benzene rings is 2. The van der Waals surface area contributed by atoms with Crippen LogP contribution < -0.4 is 10.5 Å². The lowest BCUT2D eigenvalue weighted by Gasteiger charge is -2.25. The fourth-order valence-electron chi connectivity index (χ4n) is 4.72. The molecular weight excluding hydrogens is 372 g/mol. The van der Waals surface area contributed by atoms with E-state index in [1.54, 1.807) is 6.08 Å². The smallest absolute Gasteiger partial charge is 0.244 e. The van der Waals surface area contributed by atoms with Crippen LogP contribution in [0.4, 0.5) is 0 Å². The fraction of sp³-hybridized carbons (Fsp3) is 0.269. The number of likely N-dealkylation sites (tertiary alicyclic amines) is 1. The Morgan fingerprint density at radius 2 is 2.00 bits per heavy atom. The number of amides is 1. The Labute approximate surface area is 177 Å². The number of fused-ring (bicyclic) bond motifs is 2. The molecule has 3 aliphatic rings. The molecule has 2 heterocycles. The van der Waals surface area contributed by atoms with Crippen molar-refractivity contribution < 1.29 is 9.53 Å². The molecule has 0 spiro atoms. The number of hydrogen-bond acceptors (Lipinski definition) is 3. The Morgan fingerprint density at radius 1 is 1.13 bits per heavy atom. The zero-order valence-electron chi connectivity index (χ0n) is 17.0. The van der Waals surface area contributed by atoms with Gasteiger partial charge in [-0.1, -0.05) is 48.5 Å². The Hall–Kier alpha value is -3.11. The monoisotopic (exact) mass is 398 g/mol. The molecule has 1 saturated heterocycles. The first-order valence-electron chi connectivity index (χ1n) is 10.7.